The Kier molecular flexibility index (Phi) is 6.24. The lowest BCUT2D eigenvalue weighted by Crippen LogP contribution is -2.58. The van der Waals surface area contributed by atoms with E-state index in [2.05, 4.69) is 4.98 Å². The van der Waals surface area contributed by atoms with Gasteiger partial charge < -0.3 is 9.72 Å². The number of imide groups is 2. The predicted molar refractivity (Wildman–Crippen MR) is 137 cm³/mol. The van der Waals surface area contributed by atoms with E-state index in [9.17, 15) is 14.4 Å². The largest absolute Gasteiger partial charge is 0.489 e. The lowest BCUT2D eigenvalue weighted by atomic mass is 9.78. The molecule has 36 heavy (non-hydrogen) atoms. The summed E-state index contributed by atoms with van der Waals surface area (Å²) >= 11 is 6.60. The molecule has 7 nitrogen and oxygen atoms in total. The molecule has 1 atom stereocenters. The fourth-order valence-electron chi connectivity index (χ4n) is 4.68. The Hall–Kier alpha value is -4.10. The first-order valence-corrected chi connectivity index (χ1v) is 11.9. The average molecular weight is 502 g/mol. The van der Waals surface area contributed by atoms with Crippen molar-refractivity contribution in [1.82, 2.24) is 14.8 Å². The molecule has 0 radical (unpaired) electrons. The zero-order valence-corrected chi connectivity index (χ0v) is 20.5. The van der Waals surface area contributed by atoms with Gasteiger partial charge in [0.1, 0.15) is 18.3 Å². The van der Waals surface area contributed by atoms with E-state index < -0.39 is 29.7 Å². The summed E-state index contributed by atoms with van der Waals surface area (Å²) in [4.78, 5) is 44.3. The minimum Gasteiger partial charge on any atom is -0.489 e. The topological polar surface area (TPSA) is 82.7 Å². The second-order valence-corrected chi connectivity index (χ2v) is 9.19. The zero-order valence-electron chi connectivity index (χ0n) is 19.8. The number of ether oxygens (including phenoxy) is 1. The van der Waals surface area contributed by atoms with Crippen molar-refractivity contribution < 1.29 is 19.1 Å². The van der Waals surface area contributed by atoms with Crippen LogP contribution in [0.15, 0.2) is 79.0 Å². The van der Waals surface area contributed by atoms with Crippen LogP contribution in [-0.2, 0) is 16.2 Å². The predicted octanol–water partition coefficient (Wildman–Crippen LogP) is 5.20. The Morgan fingerprint density at radius 2 is 1.56 bits per heavy atom. The van der Waals surface area contributed by atoms with Crippen molar-refractivity contribution in [3.05, 3.63) is 101 Å². The highest BCUT2D eigenvalue weighted by atomic mass is 35.5. The number of carbonyl (C=O) groups is 3. The molecular weight excluding hydrogens is 478 g/mol. The standard InChI is InChI=1S/C28H24ClN3O4/c1-31-26(33)25(27(34)32(2)28(31)35)24(19-10-6-7-11-22(19)29)21-15-30-23-13-12-18(14-20(21)23)36-16-17-8-4-3-5-9-17/h3-15,24-25,30H,16H2,1-2H3. The molecule has 0 saturated carbocycles. The van der Waals surface area contributed by atoms with Crippen molar-refractivity contribution in [2.45, 2.75) is 12.5 Å². The summed E-state index contributed by atoms with van der Waals surface area (Å²) < 4.78 is 6.03. The third-order valence-corrected chi connectivity index (χ3v) is 6.95. The van der Waals surface area contributed by atoms with E-state index in [0.29, 0.717) is 28.5 Å². The Labute approximate surface area is 213 Å². The Morgan fingerprint density at radius 1 is 0.889 bits per heavy atom. The first-order valence-electron chi connectivity index (χ1n) is 11.5. The maximum atomic E-state index is 13.4. The smallest absolute Gasteiger partial charge is 0.332 e. The molecular formula is C28H24ClN3O4. The number of H-pyrrole nitrogens is 1. The minimum absolute atomic E-state index is 0.400. The van der Waals surface area contributed by atoms with Gasteiger partial charge in [-0.25, -0.2) is 4.79 Å². The van der Waals surface area contributed by atoms with Crippen molar-refractivity contribution in [2.75, 3.05) is 14.1 Å². The van der Waals surface area contributed by atoms with Crippen molar-refractivity contribution in [2.24, 2.45) is 5.92 Å². The molecule has 0 spiro atoms. The summed E-state index contributed by atoms with van der Waals surface area (Å²) in [6.45, 7) is 0.400. The normalized spacial score (nSPS) is 15.6. The molecule has 0 aliphatic carbocycles. The van der Waals surface area contributed by atoms with Gasteiger partial charge in [0.05, 0.1) is 0 Å². The Bertz CT molecular complexity index is 1440. The molecule has 1 aliphatic heterocycles. The van der Waals surface area contributed by atoms with E-state index in [-0.39, 0.29) is 0 Å². The molecule has 8 heteroatoms. The summed E-state index contributed by atoms with van der Waals surface area (Å²) in [7, 11) is 2.77. The van der Waals surface area contributed by atoms with Crippen LogP contribution >= 0.6 is 11.6 Å². The first-order chi connectivity index (χ1) is 17.4. The van der Waals surface area contributed by atoms with Gasteiger partial charge in [-0.05, 0) is 41.0 Å². The Morgan fingerprint density at radius 3 is 2.25 bits per heavy atom. The van der Waals surface area contributed by atoms with Crippen LogP contribution in [0.25, 0.3) is 10.9 Å². The molecule has 2 heterocycles. The van der Waals surface area contributed by atoms with E-state index in [1.807, 2.05) is 54.6 Å². The summed E-state index contributed by atoms with van der Waals surface area (Å²) in [6.07, 6.45) is 1.79. The van der Waals surface area contributed by atoms with E-state index in [4.69, 9.17) is 16.3 Å². The van der Waals surface area contributed by atoms with Gasteiger partial charge >= 0.3 is 6.03 Å². The van der Waals surface area contributed by atoms with Crippen LogP contribution in [-0.4, -0.2) is 46.7 Å². The number of nitrogens with zero attached hydrogens (tertiary/aromatic N) is 2. The first kappa shape index (κ1) is 23.6. The molecule has 4 aromatic rings. The number of aromatic amines is 1. The van der Waals surface area contributed by atoms with Gasteiger partial charge in [-0.3, -0.25) is 19.4 Å². The number of benzene rings is 3. The summed E-state index contributed by atoms with van der Waals surface area (Å²) in [6, 6.07) is 22.0. The summed E-state index contributed by atoms with van der Waals surface area (Å²) in [5.74, 6) is -2.38. The number of fused-ring (bicyclic) bond motifs is 1. The highest BCUT2D eigenvalue weighted by Gasteiger charge is 2.48. The van der Waals surface area contributed by atoms with E-state index in [0.717, 1.165) is 26.3 Å². The highest BCUT2D eigenvalue weighted by molar-refractivity contribution is 6.31. The van der Waals surface area contributed by atoms with E-state index in [1.54, 1.807) is 24.4 Å². The van der Waals surface area contributed by atoms with Gasteiger partial charge in [0.2, 0.25) is 11.8 Å². The lowest BCUT2D eigenvalue weighted by Gasteiger charge is -2.37. The molecule has 0 bridgehead atoms. The number of urea groups is 1. The van der Waals surface area contributed by atoms with Crippen molar-refractivity contribution in [3.8, 4) is 5.75 Å². The summed E-state index contributed by atoms with van der Waals surface area (Å²) in [5.41, 5.74) is 3.20. The Balaban J connectivity index is 1.61. The minimum atomic E-state index is -1.16. The highest BCUT2D eigenvalue weighted by Crippen LogP contribution is 2.42. The molecule has 182 valence electrons. The van der Waals surface area contributed by atoms with E-state index >= 15 is 0 Å². The van der Waals surface area contributed by atoms with E-state index in [1.165, 1.54) is 14.1 Å². The number of hydrogen-bond acceptors (Lipinski definition) is 4. The van der Waals surface area contributed by atoms with Crippen LogP contribution in [0.2, 0.25) is 5.02 Å². The average Bonchev–Trinajstić information content (AvgIpc) is 3.32. The lowest BCUT2D eigenvalue weighted by molar-refractivity contribution is -0.148. The SMILES string of the molecule is CN1C(=O)C(C(c2ccccc2Cl)c2c[nH]c3ccc(OCc4ccccc4)cc23)C(=O)N(C)C1=O. The number of hydrogen-bond donors (Lipinski definition) is 1. The van der Waals surface area contributed by atoms with Crippen LogP contribution in [0.5, 0.6) is 5.75 Å². The van der Waals surface area contributed by atoms with Gasteiger partial charge in [-0.1, -0.05) is 60.1 Å². The molecule has 1 unspecified atom stereocenters. The number of barbiturate groups is 1. The number of amides is 4. The second kappa shape index (κ2) is 9.51. The van der Waals surface area contributed by atoms with Crippen LogP contribution in [0.3, 0.4) is 0 Å². The number of carbonyl (C=O) groups excluding carboxylic acids is 3. The van der Waals surface area contributed by atoms with Gasteiger partial charge in [0, 0.05) is 42.1 Å². The number of nitrogens with one attached hydrogen (secondary N) is 1. The van der Waals surface area contributed by atoms with Crippen LogP contribution < -0.4 is 4.74 Å². The second-order valence-electron chi connectivity index (χ2n) is 8.78. The molecule has 1 N–H and O–H groups in total. The number of rotatable bonds is 6. The molecule has 4 amide bonds. The quantitative estimate of drug-likeness (QED) is 0.368. The van der Waals surface area contributed by atoms with Gasteiger partial charge in [0.25, 0.3) is 0 Å². The van der Waals surface area contributed by atoms with Gasteiger partial charge in [0.15, 0.2) is 0 Å². The third kappa shape index (κ3) is 4.12. The van der Waals surface area contributed by atoms with Gasteiger partial charge in [-0.15, -0.1) is 0 Å². The zero-order chi connectivity index (χ0) is 25.4. The molecule has 1 fully saturated rings. The van der Waals surface area contributed by atoms with Gasteiger partial charge in [-0.2, -0.15) is 0 Å². The summed E-state index contributed by atoms with van der Waals surface area (Å²) in [5, 5.41) is 1.23. The fraction of sp³-hybridized carbons (Fsp3) is 0.179. The van der Waals surface area contributed by atoms with Crippen LogP contribution in [0.4, 0.5) is 4.79 Å². The monoisotopic (exact) mass is 501 g/mol. The number of aromatic nitrogens is 1. The molecule has 1 aliphatic rings. The number of halogens is 1. The van der Waals surface area contributed by atoms with Crippen molar-refractivity contribution in [3.63, 3.8) is 0 Å². The van der Waals surface area contributed by atoms with Crippen molar-refractivity contribution in [1.29, 1.82) is 0 Å². The van der Waals surface area contributed by atoms with Crippen LogP contribution in [0.1, 0.15) is 22.6 Å². The third-order valence-electron chi connectivity index (χ3n) is 6.61. The molecule has 1 saturated heterocycles. The molecule has 5 rings (SSSR count). The molecule has 1 aromatic heterocycles. The molecule has 3 aromatic carbocycles. The maximum Gasteiger partial charge on any atom is 0.332 e. The fourth-order valence-corrected chi connectivity index (χ4v) is 4.94. The van der Waals surface area contributed by atoms with Crippen LogP contribution in [0, 0.1) is 5.92 Å². The van der Waals surface area contributed by atoms with Crippen molar-refractivity contribution >= 4 is 40.3 Å². The maximum absolute atomic E-state index is 13.4.